The molecule has 0 spiro atoms. The van der Waals surface area contributed by atoms with Gasteiger partial charge in [0.1, 0.15) is 0 Å². The molecule has 1 saturated carbocycles. The van der Waals surface area contributed by atoms with Crippen molar-refractivity contribution in [2.24, 2.45) is 0 Å². The van der Waals surface area contributed by atoms with E-state index >= 15 is 0 Å². The van der Waals surface area contributed by atoms with Crippen LogP contribution in [-0.2, 0) is 9.53 Å². The van der Waals surface area contributed by atoms with E-state index in [2.05, 4.69) is 5.32 Å². The highest BCUT2D eigenvalue weighted by atomic mass is 16.5. The van der Waals surface area contributed by atoms with Crippen LogP contribution in [0, 0.1) is 0 Å². The summed E-state index contributed by atoms with van der Waals surface area (Å²) in [7, 11) is 0. The summed E-state index contributed by atoms with van der Waals surface area (Å²) in [6.45, 7) is 6.85. The Balaban J connectivity index is 1.72. The second-order valence-corrected chi connectivity index (χ2v) is 6.40. The molecule has 2 N–H and O–H groups in total. The first-order chi connectivity index (χ1) is 11.0. The monoisotopic (exact) mass is 327 g/mol. The van der Waals surface area contributed by atoms with E-state index in [9.17, 15) is 9.59 Å². The lowest BCUT2D eigenvalue weighted by Gasteiger charge is -2.42. The number of carbonyl (C=O) groups is 2. The van der Waals surface area contributed by atoms with Gasteiger partial charge in [-0.05, 0) is 39.2 Å². The molecule has 1 aliphatic heterocycles. The van der Waals surface area contributed by atoms with Crippen LogP contribution in [0.15, 0.2) is 0 Å². The van der Waals surface area contributed by atoms with Crippen LogP contribution in [0.25, 0.3) is 0 Å². The molecule has 2 aliphatic rings. The molecule has 0 bridgehead atoms. The molecule has 2 amide bonds. The van der Waals surface area contributed by atoms with Gasteiger partial charge in [0.25, 0.3) is 0 Å². The van der Waals surface area contributed by atoms with E-state index in [1.807, 2.05) is 18.7 Å². The molecular weight excluding hydrogens is 298 g/mol. The van der Waals surface area contributed by atoms with Gasteiger partial charge in [-0.15, -0.1) is 0 Å². The number of carboxylic acids is 1. The van der Waals surface area contributed by atoms with Gasteiger partial charge in [0.05, 0.1) is 12.6 Å². The van der Waals surface area contributed by atoms with E-state index in [0.717, 1.165) is 38.8 Å². The number of hydrogen-bond acceptors (Lipinski definition) is 4. The highest BCUT2D eigenvalue weighted by Gasteiger charge is 2.35. The smallest absolute Gasteiger partial charge is 0.317 e. The third-order valence-corrected chi connectivity index (χ3v) is 4.82. The molecule has 0 aromatic heterocycles. The molecule has 7 heteroatoms. The van der Waals surface area contributed by atoms with E-state index in [1.54, 1.807) is 4.90 Å². The summed E-state index contributed by atoms with van der Waals surface area (Å²) in [5, 5.41) is 12.0. The summed E-state index contributed by atoms with van der Waals surface area (Å²) in [5.74, 6) is -0.798. The minimum atomic E-state index is -0.798. The van der Waals surface area contributed by atoms with Gasteiger partial charge in [-0.1, -0.05) is 6.92 Å². The third-order valence-electron chi connectivity index (χ3n) is 4.82. The fraction of sp³-hybridized carbons (Fsp3) is 0.875. The topological polar surface area (TPSA) is 82.1 Å². The fourth-order valence-electron chi connectivity index (χ4n) is 3.33. The number of likely N-dealkylation sites (N-methyl/N-ethyl adjacent to an activating group) is 2. The highest BCUT2D eigenvalue weighted by molar-refractivity contribution is 5.74. The maximum absolute atomic E-state index is 12.3. The summed E-state index contributed by atoms with van der Waals surface area (Å²) in [6, 6.07) is 0.372. The molecule has 1 unspecified atom stereocenters. The Kier molecular flexibility index (Phi) is 6.65. The number of carboxylic acid groups (broad SMARTS) is 1. The minimum Gasteiger partial charge on any atom is -0.480 e. The Bertz CT molecular complexity index is 406. The first-order valence-electron chi connectivity index (χ1n) is 8.66. The van der Waals surface area contributed by atoms with Gasteiger partial charge >= 0.3 is 12.0 Å². The standard InChI is InChI=1S/C16H29N3O4/c1-3-18(11-15(20)21)13-8-12(9-13)17-16(22)19(4-2)10-14-6-5-7-23-14/h12-14H,3-11H2,1-2H3,(H,17,22)(H,20,21). The largest absolute Gasteiger partial charge is 0.480 e. The number of urea groups is 1. The number of nitrogens with zero attached hydrogens (tertiary/aromatic N) is 2. The van der Waals surface area contributed by atoms with Crippen LogP contribution in [0.3, 0.4) is 0 Å². The molecule has 0 aromatic rings. The highest BCUT2D eigenvalue weighted by Crippen LogP contribution is 2.25. The molecule has 0 radical (unpaired) electrons. The second kappa shape index (κ2) is 8.49. The number of hydrogen-bond donors (Lipinski definition) is 2. The second-order valence-electron chi connectivity index (χ2n) is 6.40. The molecular formula is C16H29N3O4. The first-order valence-corrected chi connectivity index (χ1v) is 8.66. The Morgan fingerprint density at radius 2 is 2.00 bits per heavy atom. The maximum atomic E-state index is 12.3. The van der Waals surface area contributed by atoms with Crippen LogP contribution < -0.4 is 5.32 Å². The van der Waals surface area contributed by atoms with Gasteiger partial charge in [-0.25, -0.2) is 4.79 Å². The lowest BCUT2D eigenvalue weighted by molar-refractivity contribution is -0.139. The predicted molar refractivity (Wildman–Crippen MR) is 86.4 cm³/mol. The number of ether oxygens (including phenoxy) is 1. The van der Waals surface area contributed by atoms with Crippen LogP contribution in [0.2, 0.25) is 0 Å². The molecule has 7 nitrogen and oxygen atoms in total. The summed E-state index contributed by atoms with van der Waals surface area (Å²) < 4.78 is 5.60. The van der Waals surface area contributed by atoms with Gasteiger partial charge in [-0.3, -0.25) is 9.69 Å². The van der Waals surface area contributed by atoms with Crippen molar-refractivity contribution in [2.75, 3.05) is 32.8 Å². The number of rotatable bonds is 8. The van der Waals surface area contributed by atoms with Crippen molar-refractivity contribution in [3.05, 3.63) is 0 Å². The number of aliphatic carboxylic acids is 1. The molecule has 2 fully saturated rings. The molecule has 1 aliphatic carbocycles. The zero-order valence-electron chi connectivity index (χ0n) is 14.2. The van der Waals surface area contributed by atoms with Crippen LogP contribution in [-0.4, -0.2) is 77.9 Å². The van der Waals surface area contributed by atoms with Crippen LogP contribution in [0.1, 0.15) is 39.5 Å². The van der Waals surface area contributed by atoms with Crippen LogP contribution >= 0.6 is 0 Å². The molecule has 1 saturated heterocycles. The quantitative estimate of drug-likeness (QED) is 0.698. The maximum Gasteiger partial charge on any atom is 0.317 e. The summed E-state index contributed by atoms with van der Waals surface area (Å²) in [5.41, 5.74) is 0. The van der Waals surface area contributed by atoms with Crippen LogP contribution in [0.5, 0.6) is 0 Å². The van der Waals surface area contributed by atoms with Gasteiger partial charge in [0.15, 0.2) is 0 Å². The van der Waals surface area contributed by atoms with Crippen molar-refractivity contribution in [3.63, 3.8) is 0 Å². The molecule has 23 heavy (non-hydrogen) atoms. The number of carbonyl (C=O) groups excluding carboxylic acids is 1. The van der Waals surface area contributed by atoms with Crippen molar-refractivity contribution in [2.45, 2.75) is 57.7 Å². The summed E-state index contributed by atoms with van der Waals surface area (Å²) in [4.78, 5) is 26.9. The molecule has 1 atom stereocenters. The predicted octanol–water partition coefficient (Wildman–Crippen LogP) is 1.13. The van der Waals surface area contributed by atoms with E-state index in [-0.39, 0.29) is 30.8 Å². The average molecular weight is 327 g/mol. The SMILES string of the molecule is CCN(CC1CCCO1)C(=O)NC1CC(N(CC)CC(=O)O)C1. The van der Waals surface area contributed by atoms with Crippen molar-refractivity contribution in [1.29, 1.82) is 0 Å². The van der Waals surface area contributed by atoms with Crippen molar-refractivity contribution in [3.8, 4) is 0 Å². The number of amides is 2. The van der Waals surface area contributed by atoms with Gasteiger partial charge < -0.3 is 20.1 Å². The van der Waals surface area contributed by atoms with E-state index < -0.39 is 5.97 Å². The lowest BCUT2D eigenvalue weighted by atomic mass is 9.85. The Hall–Kier alpha value is -1.34. The van der Waals surface area contributed by atoms with Gasteiger partial charge in [0, 0.05) is 31.8 Å². The van der Waals surface area contributed by atoms with Crippen molar-refractivity contribution >= 4 is 12.0 Å². The molecule has 0 aromatic carbocycles. The van der Waals surface area contributed by atoms with Gasteiger partial charge in [-0.2, -0.15) is 0 Å². The van der Waals surface area contributed by atoms with Crippen LogP contribution in [0.4, 0.5) is 4.79 Å². The zero-order valence-corrected chi connectivity index (χ0v) is 14.2. The Morgan fingerprint density at radius 1 is 1.26 bits per heavy atom. The molecule has 1 heterocycles. The lowest BCUT2D eigenvalue weighted by Crippen LogP contribution is -2.57. The number of nitrogens with one attached hydrogen (secondary N) is 1. The fourth-order valence-corrected chi connectivity index (χ4v) is 3.33. The molecule has 2 rings (SSSR count). The normalized spacial score (nSPS) is 26.8. The third kappa shape index (κ3) is 5.07. The average Bonchev–Trinajstić information content (AvgIpc) is 2.98. The van der Waals surface area contributed by atoms with E-state index in [1.165, 1.54) is 0 Å². The van der Waals surface area contributed by atoms with Crippen molar-refractivity contribution in [1.82, 2.24) is 15.1 Å². The van der Waals surface area contributed by atoms with E-state index in [0.29, 0.717) is 13.1 Å². The Morgan fingerprint density at radius 3 is 2.52 bits per heavy atom. The first kappa shape index (κ1) is 18.0. The van der Waals surface area contributed by atoms with Crippen molar-refractivity contribution < 1.29 is 19.4 Å². The Labute approximate surface area is 138 Å². The zero-order chi connectivity index (χ0) is 16.8. The minimum absolute atomic E-state index is 0.0345. The summed E-state index contributed by atoms with van der Waals surface area (Å²) in [6.07, 6.45) is 3.91. The van der Waals surface area contributed by atoms with Gasteiger partial charge in [0.2, 0.25) is 0 Å². The molecule has 132 valence electrons. The van der Waals surface area contributed by atoms with E-state index in [4.69, 9.17) is 9.84 Å². The summed E-state index contributed by atoms with van der Waals surface area (Å²) >= 11 is 0.